The van der Waals surface area contributed by atoms with Gasteiger partial charge in [0.05, 0.1) is 6.54 Å². The maximum Gasteiger partial charge on any atom is 0.251 e. The average Bonchev–Trinajstić information content (AvgIpc) is 3.07. The molecule has 0 fully saturated rings. The Morgan fingerprint density at radius 2 is 1.85 bits per heavy atom. The second kappa shape index (κ2) is 7.60. The van der Waals surface area contributed by atoms with Crippen LogP contribution in [0.25, 0.3) is 11.4 Å². The fraction of sp³-hybridized carbons (Fsp3) is 0.158. The summed E-state index contributed by atoms with van der Waals surface area (Å²) in [6, 6.07) is 14.2. The van der Waals surface area contributed by atoms with Gasteiger partial charge >= 0.3 is 0 Å². The van der Waals surface area contributed by atoms with E-state index in [9.17, 15) is 9.59 Å². The summed E-state index contributed by atoms with van der Waals surface area (Å²) in [4.78, 5) is 28.3. The van der Waals surface area contributed by atoms with Gasteiger partial charge in [0.15, 0.2) is 0 Å². The van der Waals surface area contributed by atoms with Crippen molar-refractivity contribution in [3.05, 3.63) is 65.5 Å². The van der Waals surface area contributed by atoms with Crippen LogP contribution in [0.3, 0.4) is 0 Å². The molecule has 7 heteroatoms. The van der Waals surface area contributed by atoms with Gasteiger partial charge in [-0.05, 0) is 31.2 Å². The second-order valence-electron chi connectivity index (χ2n) is 5.81. The molecule has 0 saturated heterocycles. The van der Waals surface area contributed by atoms with Gasteiger partial charge < -0.3 is 15.2 Å². The zero-order valence-corrected chi connectivity index (χ0v) is 14.4. The van der Waals surface area contributed by atoms with E-state index in [0.717, 1.165) is 11.1 Å². The smallest absolute Gasteiger partial charge is 0.251 e. The first-order valence-electron chi connectivity index (χ1n) is 8.07. The van der Waals surface area contributed by atoms with Crippen LogP contribution >= 0.6 is 0 Å². The molecule has 0 aliphatic rings. The Labute approximate surface area is 150 Å². The van der Waals surface area contributed by atoms with E-state index in [1.54, 1.807) is 37.3 Å². The highest BCUT2D eigenvalue weighted by atomic mass is 16.5. The van der Waals surface area contributed by atoms with E-state index in [4.69, 9.17) is 4.52 Å². The van der Waals surface area contributed by atoms with Crippen LogP contribution in [-0.4, -0.2) is 28.5 Å². The van der Waals surface area contributed by atoms with Crippen molar-refractivity contribution in [2.75, 3.05) is 11.9 Å². The number of anilines is 1. The van der Waals surface area contributed by atoms with Gasteiger partial charge in [0, 0.05) is 23.7 Å². The molecule has 0 saturated carbocycles. The molecule has 1 aromatic heterocycles. The molecule has 0 unspecified atom stereocenters. The lowest BCUT2D eigenvalue weighted by atomic mass is 10.1. The van der Waals surface area contributed by atoms with E-state index in [-0.39, 0.29) is 18.4 Å². The minimum absolute atomic E-state index is 0.127. The van der Waals surface area contributed by atoms with Gasteiger partial charge in [-0.25, -0.2) is 0 Å². The summed E-state index contributed by atoms with van der Waals surface area (Å²) in [5, 5.41) is 9.18. The summed E-state index contributed by atoms with van der Waals surface area (Å²) in [6.45, 7) is 3.52. The maximum absolute atomic E-state index is 12.1. The average molecular weight is 350 g/mol. The van der Waals surface area contributed by atoms with E-state index >= 15 is 0 Å². The van der Waals surface area contributed by atoms with Crippen LogP contribution in [0, 0.1) is 13.8 Å². The largest absolute Gasteiger partial charge is 0.343 e. The minimum atomic E-state index is -0.327. The molecule has 2 amide bonds. The number of carbonyl (C=O) groups is 2. The van der Waals surface area contributed by atoms with Gasteiger partial charge in [0.25, 0.3) is 5.91 Å². The lowest BCUT2D eigenvalue weighted by molar-refractivity contribution is -0.115. The molecule has 0 aliphatic heterocycles. The molecule has 3 rings (SSSR count). The molecule has 0 spiro atoms. The van der Waals surface area contributed by atoms with Crippen LogP contribution in [-0.2, 0) is 4.79 Å². The number of nitrogens with zero attached hydrogens (tertiary/aromatic N) is 2. The molecule has 3 aromatic rings. The Morgan fingerprint density at radius 3 is 2.54 bits per heavy atom. The van der Waals surface area contributed by atoms with Crippen LogP contribution in [0.2, 0.25) is 0 Å². The van der Waals surface area contributed by atoms with Crippen molar-refractivity contribution in [3.63, 3.8) is 0 Å². The lowest BCUT2D eigenvalue weighted by Crippen LogP contribution is -2.32. The highest BCUT2D eigenvalue weighted by molar-refractivity contribution is 5.99. The highest BCUT2D eigenvalue weighted by Crippen LogP contribution is 2.19. The molecule has 0 aliphatic carbocycles. The van der Waals surface area contributed by atoms with Crippen molar-refractivity contribution in [1.29, 1.82) is 0 Å². The van der Waals surface area contributed by atoms with E-state index in [1.165, 1.54) is 0 Å². The second-order valence-corrected chi connectivity index (χ2v) is 5.81. The van der Waals surface area contributed by atoms with Crippen molar-refractivity contribution >= 4 is 17.5 Å². The number of hydrogen-bond acceptors (Lipinski definition) is 5. The summed E-state index contributed by atoms with van der Waals surface area (Å²) in [7, 11) is 0. The molecular formula is C19H18N4O3. The van der Waals surface area contributed by atoms with Crippen molar-refractivity contribution in [2.45, 2.75) is 13.8 Å². The summed E-state index contributed by atoms with van der Waals surface area (Å²) in [6.07, 6.45) is 0. The number of aryl methyl sites for hydroxylation is 2. The Hall–Kier alpha value is -3.48. The van der Waals surface area contributed by atoms with E-state index in [2.05, 4.69) is 20.8 Å². The Bertz CT molecular complexity index is 932. The summed E-state index contributed by atoms with van der Waals surface area (Å²) in [5.74, 6) is 0.294. The van der Waals surface area contributed by atoms with Crippen LogP contribution in [0.5, 0.6) is 0 Å². The van der Waals surface area contributed by atoms with E-state index in [1.807, 2.05) is 25.1 Å². The normalized spacial score (nSPS) is 10.4. The predicted molar refractivity (Wildman–Crippen MR) is 96.6 cm³/mol. The first-order valence-corrected chi connectivity index (χ1v) is 8.07. The van der Waals surface area contributed by atoms with Crippen molar-refractivity contribution in [1.82, 2.24) is 15.5 Å². The van der Waals surface area contributed by atoms with Gasteiger partial charge in [-0.15, -0.1) is 0 Å². The van der Waals surface area contributed by atoms with Gasteiger partial charge in [-0.3, -0.25) is 9.59 Å². The summed E-state index contributed by atoms with van der Waals surface area (Å²) in [5.41, 5.74) is 2.89. The molecule has 132 valence electrons. The first-order chi connectivity index (χ1) is 12.5. The topological polar surface area (TPSA) is 97.1 Å². The van der Waals surface area contributed by atoms with Gasteiger partial charge in [0.2, 0.25) is 17.6 Å². The van der Waals surface area contributed by atoms with Gasteiger partial charge in [0.1, 0.15) is 0 Å². The molecule has 0 radical (unpaired) electrons. The molecule has 2 N–H and O–H groups in total. The van der Waals surface area contributed by atoms with Crippen LogP contribution < -0.4 is 10.6 Å². The predicted octanol–water partition coefficient (Wildman–Crippen LogP) is 2.72. The van der Waals surface area contributed by atoms with Crippen molar-refractivity contribution in [3.8, 4) is 11.4 Å². The molecular weight excluding hydrogens is 332 g/mol. The third kappa shape index (κ3) is 4.32. The molecule has 7 nitrogen and oxygen atoms in total. The Balaban J connectivity index is 1.58. The Kier molecular flexibility index (Phi) is 5.07. The molecule has 0 bridgehead atoms. The first kappa shape index (κ1) is 17.3. The van der Waals surface area contributed by atoms with Crippen LogP contribution in [0.1, 0.15) is 21.8 Å². The monoisotopic (exact) mass is 350 g/mol. The Morgan fingerprint density at radius 1 is 1.08 bits per heavy atom. The number of aromatic nitrogens is 2. The SMILES string of the molecule is Cc1ccc(C(=O)NCC(=O)Nc2cccc(-c3noc(C)n3)c2)cc1. The van der Waals surface area contributed by atoms with Gasteiger partial charge in [-0.1, -0.05) is 35.0 Å². The van der Waals surface area contributed by atoms with E-state index < -0.39 is 0 Å². The molecule has 0 atom stereocenters. The fourth-order valence-electron chi connectivity index (χ4n) is 2.33. The number of rotatable bonds is 5. The zero-order valence-electron chi connectivity index (χ0n) is 14.4. The summed E-state index contributed by atoms with van der Waals surface area (Å²) >= 11 is 0. The number of hydrogen-bond donors (Lipinski definition) is 2. The highest BCUT2D eigenvalue weighted by Gasteiger charge is 2.10. The maximum atomic E-state index is 12.1. The molecule has 1 heterocycles. The number of carbonyl (C=O) groups excluding carboxylic acids is 2. The van der Waals surface area contributed by atoms with Crippen LogP contribution in [0.15, 0.2) is 53.1 Å². The standard InChI is InChI=1S/C19H18N4O3/c1-12-6-8-14(9-7-12)19(25)20-11-17(24)22-16-5-3-4-15(10-16)18-21-13(2)26-23-18/h3-10H,11H2,1-2H3,(H,20,25)(H,22,24). The summed E-state index contributed by atoms with van der Waals surface area (Å²) < 4.78 is 4.96. The lowest BCUT2D eigenvalue weighted by Gasteiger charge is -2.08. The van der Waals surface area contributed by atoms with Crippen LogP contribution in [0.4, 0.5) is 5.69 Å². The number of benzene rings is 2. The fourth-order valence-corrected chi connectivity index (χ4v) is 2.33. The van der Waals surface area contributed by atoms with Crippen molar-refractivity contribution < 1.29 is 14.1 Å². The number of amides is 2. The third-order valence-corrected chi connectivity index (χ3v) is 3.66. The third-order valence-electron chi connectivity index (χ3n) is 3.66. The quantitative estimate of drug-likeness (QED) is 0.737. The van der Waals surface area contributed by atoms with Crippen molar-refractivity contribution in [2.24, 2.45) is 0 Å². The zero-order chi connectivity index (χ0) is 18.5. The minimum Gasteiger partial charge on any atom is -0.343 e. The number of nitrogens with one attached hydrogen (secondary N) is 2. The molecule has 26 heavy (non-hydrogen) atoms. The van der Waals surface area contributed by atoms with Gasteiger partial charge in [-0.2, -0.15) is 4.98 Å². The molecule has 2 aromatic carbocycles. The van der Waals surface area contributed by atoms with E-state index in [0.29, 0.717) is 23.0 Å².